The molecule has 1 aliphatic rings. The number of nitrogens with zero attached hydrogens (tertiary/aromatic N) is 5. The molecule has 3 heterocycles. The van der Waals surface area contributed by atoms with E-state index in [4.69, 9.17) is 12.2 Å². The Labute approximate surface area is 169 Å². The summed E-state index contributed by atoms with van der Waals surface area (Å²) in [6.45, 7) is 2.71. The van der Waals surface area contributed by atoms with E-state index in [0.29, 0.717) is 37.6 Å². The summed E-state index contributed by atoms with van der Waals surface area (Å²) in [4.78, 5) is 2.16. The maximum atomic E-state index is 12.6. The smallest absolute Gasteiger partial charge is 0.236 e. The Morgan fingerprint density at radius 1 is 1.00 bits per heavy atom. The molecule has 4 rings (SSSR count). The van der Waals surface area contributed by atoms with Crippen LogP contribution in [-0.2, 0) is 16.7 Å². The van der Waals surface area contributed by atoms with Crippen LogP contribution in [0.25, 0.3) is 11.7 Å². The molecule has 0 N–H and O–H groups in total. The fourth-order valence-corrected chi connectivity index (χ4v) is 4.62. The molecule has 0 bridgehead atoms. The Kier molecular flexibility index (Phi) is 5.40. The van der Waals surface area contributed by atoms with Gasteiger partial charge in [0, 0.05) is 37.8 Å². The Bertz CT molecular complexity index is 1140. The van der Waals surface area contributed by atoms with Gasteiger partial charge in [-0.1, -0.05) is 36.4 Å². The first kappa shape index (κ1) is 19.0. The average molecular weight is 416 g/mol. The molecule has 0 radical (unpaired) electrons. The molecule has 2 aromatic heterocycles. The normalized spacial score (nSPS) is 16.9. The molecule has 1 aliphatic heterocycles. The largest absolute Gasteiger partial charge is 0.282 e. The first-order chi connectivity index (χ1) is 13.5. The van der Waals surface area contributed by atoms with Crippen molar-refractivity contribution in [3.8, 4) is 0 Å². The molecule has 0 unspecified atom stereocenters. The van der Waals surface area contributed by atoms with Gasteiger partial charge in [0.05, 0.1) is 6.67 Å². The number of hydrogen-bond acceptors (Lipinski definition) is 5. The molecule has 0 saturated carbocycles. The first-order valence-corrected chi connectivity index (χ1v) is 10.9. The van der Waals surface area contributed by atoms with Gasteiger partial charge in [-0.05, 0) is 36.0 Å². The van der Waals surface area contributed by atoms with Crippen LogP contribution in [0.3, 0.4) is 0 Å². The molecule has 9 heteroatoms. The standard InChI is InChI=1S/C19H21N5O2S2/c25-28(26,15-9-17-6-2-1-3-7-17)22-13-11-21(12-14-22)16-24-19(27)23-10-5-4-8-18(23)20-24/h1-10,15H,11-14,16H2/b15-9+. The minimum atomic E-state index is -3.43. The van der Waals surface area contributed by atoms with E-state index in [9.17, 15) is 8.42 Å². The SMILES string of the molecule is O=S(=O)(/C=C/c1ccccc1)N1CCN(Cn2nc3ccccn3c2=S)CC1. The molecule has 0 aliphatic carbocycles. The number of rotatable bonds is 5. The monoisotopic (exact) mass is 415 g/mol. The average Bonchev–Trinajstić information content (AvgIpc) is 3.03. The van der Waals surface area contributed by atoms with Crippen LogP contribution in [0.4, 0.5) is 0 Å². The summed E-state index contributed by atoms with van der Waals surface area (Å²) in [7, 11) is -3.43. The van der Waals surface area contributed by atoms with Gasteiger partial charge in [-0.3, -0.25) is 9.30 Å². The van der Waals surface area contributed by atoms with Crippen LogP contribution >= 0.6 is 12.2 Å². The Morgan fingerprint density at radius 2 is 1.71 bits per heavy atom. The van der Waals surface area contributed by atoms with Crippen LogP contribution in [0.1, 0.15) is 5.56 Å². The zero-order chi connectivity index (χ0) is 19.6. The number of fused-ring (bicyclic) bond motifs is 1. The van der Waals surface area contributed by atoms with Crippen molar-refractivity contribution in [1.29, 1.82) is 0 Å². The molecule has 0 atom stereocenters. The highest BCUT2D eigenvalue weighted by Crippen LogP contribution is 2.13. The van der Waals surface area contributed by atoms with E-state index in [1.807, 2.05) is 59.1 Å². The van der Waals surface area contributed by atoms with E-state index in [1.54, 1.807) is 10.8 Å². The fraction of sp³-hybridized carbons (Fsp3) is 0.263. The van der Waals surface area contributed by atoms with Crippen LogP contribution in [0, 0.1) is 4.77 Å². The zero-order valence-corrected chi connectivity index (χ0v) is 16.9. The fourth-order valence-electron chi connectivity index (χ4n) is 3.19. The van der Waals surface area contributed by atoms with Crippen molar-refractivity contribution in [2.75, 3.05) is 26.2 Å². The van der Waals surface area contributed by atoms with E-state index < -0.39 is 10.0 Å². The number of pyridine rings is 1. The van der Waals surface area contributed by atoms with Gasteiger partial charge in [0.25, 0.3) is 0 Å². The quantitative estimate of drug-likeness (QED) is 0.599. The van der Waals surface area contributed by atoms with Crippen LogP contribution in [0.2, 0.25) is 0 Å². The second kappa shape index (κ2) is 7.96. The predicted octanol–water partition coefficient (Wildman–Crippen LogP) is 2.44. The number of sulfonamides is 1. The molecule has 28 heavy (non-hydrogen) atoms. The van der Waals surface area contributed by atoms with Gasteiger partial charge in [0.1, 0.15) is 0 Å². The molecule has 1 aromatic carbocycles. The zero-order valence-electron chi connectivity index (χ0n) is 15.3. The summed E-state index contributed by atoms with van der Waals surface area (Å²) in [5.74, 6) is 0. The molecule has 1 saturated heterocycles. The minimum Gasteiger partial charge on any atom is -0.282 e. The number of hydrogen-bond donors (Lipinski definition) is 0. The van der Waals surface area contributed by atoms with E-state index in [2.05, 4.69) is 10.00 Å². The third-order valence-electron chi connectivity index (χ3n) is 4.75. The van der Waals surface area contributed by atoms with Gasteiger partial charge in [-0.15, -0.1) is 0 Å². The molecular weight excluding hydrogens is 394 g/mol. The molecular formula is C19H21N5O2S2. The summed E-state index contributed by atoms with van der Waals surface area (Å²) in [5, 5.41) is 5.82. The summed E-state index contributed by atoms with van der Waals surface area (Å²) in [6, 6.07) is 15.2. The van der Waals surface area contributed by atoms with Crippen molar-refractivity contribution < 1.29 is 8.42 Å². The van der Waals surface area contributed by atoms with Crippen molar-refractivity contribution in [2.45, 2.75) is 6.67 Å². The second-order valence-corrected chi connectivity index (χ2v) is 8.81. The minimum absolute atomic E-state index is 0.447. The molecule has 7 nitrogen and oxygen atoms in total. The van der Waals surface area contributed by atoms with Crippen LogP contribution < -0.4 is 0 Å². The number of aromatic nitrogens is 3. The van der Waals surface area contributed by atoms with E-state index in [1.165, 1.54) is 9.71 Å². The lowest BCUT2D eigenvalue weighted by Crippen LogP contribution is -2.48. The third-order valence-corrected chi connectivity index (χ3v) is 6.72. The highest BCUT2D eigenvalue weighted by atomic mass is 32.2. The lowest BCUT2D eigenvalue weighted by atomic mass is 10.2. The van der Waals surface area contributed by atoms with Crippen molar-refractivity contribution in [3.05, 3.63) is 70.5 Å². The Balaban J connectivity index is 1.39. The molecule has 0 amide bonds. The lowest BCUT2D eigenvalue weighted by Gasteiger charge is -2.32. The predicted molar refractivity (Wildman–Crippen MR) is 112 cm³/mol. The Morgan fingerprint density at radius 3 is 2.43 bits per heavy atom. The van der Waals surface area contributed by atoms with Gasteiger partial charge < -0.3 is 0 Å². The summed E-state index contributed by atoms with van der Waals surface area (Å²) < 4.78 is 31.0. The molecule has 0 spiro atoms. The number of piperazine rings is 1. The van der Waals surface area contributed by atoms with Gasteiger partial charge in [-0.25, -0.2) is 13.1 Å². The van der Waals surface area contributed by atoms with Crippen molar-refractivity contribution in [3.63, 3.8) is 0 Å². The van der Waals surface area contributed by atoms with Gasteiger partial charge in [0.15, 0.2) is 5.65 Å². The maximum Gasteiger partial charge on any atom is 0.236 e. The molecule has 146 valence electrons. The van der Waals surface area contributed by atoms with Gasteiger partial charge in [0.2, 0.25) is 14.8 Å². The van der Waals surface area contributed by atoms with E-state index in [0.717, 1.165) is 11.2 Å². The highest BCUT2D eigenvalue weighted by molar-refractivity contribution is 7.92. The third kappa shape index (κ3) is 4.07. The van der Waals surface area contributed by atoms with E-state index in [-0.39, 0.29) is 0 Å². The molecule has 3 aromatic rings. The van der Waals surface area contributed by atoms with Crippen LogP contribution in [-0.4, -0.2) is 58.0 Å². The highest BCUT2D eigenvalue weighted by Gasteiger charge is 2.25. The van der Waals surface area contributed by atoms with Crippen LogP contribution in [0.5, 0.6) is 0 Å². The topological polar surface area (TPSA) is 62.9 Å². The maximum absolute atomic E-state index is 12.6. The second-order valence-electron chi connectivity index (χ2n) is 6.63. The van der Waals surface area contributed by atoms with Crippen molar-refractivity contribution in [1.82, 2.24) is 23.4 Å². The summed E-state index contributed by atoms with van der Waals surface area (Å²) >= 11 is 5.48. The number of benzene rings is 1. The van der Waals surface area contributed by atoms with E-state index >= 15 is 0 Å². The molecule has 1 fully saturated rings. The van der Waals surface area contributed by atoms with Gasteiger partial charge >= 0.3 is 0 Å². The first-order valence-electron chi connectivity index (χ1n) is 9.03. The summed E-state index contributed by atoms with van der Waals surface area (Å²) in [6.07, 6.45) is 3.53. The van der Waals surface area contributed by atoms with Crippen molar-refractivity contribution in [2.24, 2.45) is 0 Å². The van der Waals surface area contributed by atoms with Gasteiger partial charge in [-0.2, -0.15) is 9.40 Å². The van der Waals surface area contributed by atoms with Crippen molar-refractivity contribution >= 4 is 34.0 Å². The van der Waals surface area contributed by atoms with Crippen LogP contribution in [0.15, 0.2) is 60.1 Å². The Hall–Kier alpha value is -2.33. The lowest BCUT2D eigenvalue weighted by molar-refractivity contribution is 0.145. The summed E-state index contributed by atoms with van der Waals surface area (Å²) in [5.41, 5.74) is 1.67.